The first-order valence-corrected chi connectivity index (χ1v) is 8.31. The van der Waals surface area contributed by atoms with Crippen molar-refractivity contribution in [3.05, 3.63) is 17.0 Å². The Labute approximate surface area is 148 Å². The van der Waals surface area contributed by atoms with E-state index in [0.717, 1.165) is 41.3 Å². The highest BCUT2D eigenvalue weighted by Crippen LogP contribution is 2.25. The van der Waals surface area contributed by atoms with E-state index in [0.29, 0.717) is 6.54 Å². The normalized spacial score (nSPS) is 18.4. The minimum absolute atomic E-state index is 0. The van der Waals surface area contributed by atoms with Crippen molar-refractivity contribution < 1.29 is 4.52 Å². The van der Waals surface area contributed by atoms with Crippen molar-refractivity contribution in [1.29, 1.82) is 0 Å². The lowest BCUT2D eigenvalue weighted by Gasteiger charge is -2.14. The highest BCUT2D eigenvalue weighted by Gasteiger charge is 2.15. The largest absolute Gasteiger partial charge is 0.361 e. The third-order valence-electron chi connectivity index (χ3n) is 3.44. The van der Waals surface area contributed by atoms with E-state index in [-0.39, 0.29) is 24.0 Å². The average molecular weight is 424 g/mol. The minimum Gasteiger partial charge on any atom is -0.361 e. The van der Waals surface area contributed by atoms with Crippen LogP contribution in [0.3, 0.4) is 0 Å². The number of nitrogens with zero attached hydrogens (tertiary/aromatic N) is 2. The van der Waals surface area contributed by atoms with Crippen LogP contribution in [0.1, 0.15) is 36.8 Å². The molecule has 0 spiro atoms. The number of guanidine groups is 1. The molecule has 1 aromatic rings. The smallest absolute Gasteiger partial charge is 0.191 e. The van der Waals surface area contributed by atoms with Gasteiger partial charge in [0.25, 0.3) is 0 Å². The molecule has 0 aromatic carbocycles. The number of aromatic nitrogens is 1. The standard InChI is InChI=1S/C14H24N4OS.HI/c1-4-15-14(16-8-12-6-5-7-20-12)17-9-13-10(2)18-19-11(13)3;/h12H,4-9H2,1-3H3,(H2,15,16,17);1H. The molecule has 1 fully saturated rings. The van der Waals surface area contributed by atoms with Crippen LogP contribution in [0.4, 0.5) is 0 Å². The van der Waals surface area contributed by atoms with Gasteiger partial charge in [-0.15, -0.1) is 24.0 Å². The van der Waals surface area contributed by atoms with Crippen molar-refractivity contribution in [2.24, 2.45) is 4.99 Å². The van der Waals surface area contributed by atoms with E-state index in [4.69, 9.17) is 4.52 Å². The first-order chi connectivity index (χ1) is 9.70. The Bertz CT molecular complexity index is 438. The van der Waals surface area contributed by atoms with Crippen molar-refractivity contribution in [2.45, 2.75) is 45.4 Å². The highest BCUT2D eigenvalue weighted by molar-refractivity contribution is 14.0. The summed E-state index contributed by atoms with van der Waals surface area (Å²) in [5.74, 6) is 3.02. The van der Waals surface area contributed by atoms with Gasteiger partial charge in [0.15, 0.2) is 5.96 Å². The van der Waals surface area contributed by atoms with E-state index in [9.17, 15) is 0 Å². The number of hydrogen-bond acceptors (Lipinski definition) is 4. The van der Waals surface area contributed by atoms with Crippen LogP contribution in [0.15, 0.2) is 9.52 Å². The SMILES string of the molecule is CCNC(=NCc1c(C)noc1C)NCC1CCCS1.I. The van der Waals surface area contributed by atoms with Gasteiger partial charge in [0, 0.05) is 23.9 Å². The molecule has 0 aliphatic carbocycles. The van der Waals surface area contributed by atoms with Gasteiger partial charge in [0.1, 0.15) is 5.76 Å². The average Bonchev–Trinajstić information content (AvgIpc) is 3.05. The van der Waals surface area contributed by atoms with Gasteiger partial charge in [-0.2, -0.15) is 11.8 Å². The second-order valence-electron chi connectivity index (χ2n) is 5.01. The molecule has 1 unspecified atom stereocenters. The summed E-state index contributed by atoms with van der Waals surface area (Å²) >= 11 is 2.05. The zero-order valence-corrected chi connectivity index (χ0v) is 16.1. The fraction of sp³-hybridized carbons (Fsp3) is 0.714. The van der Waals surface area contributed by atoms with Crippen LogP contribution in [0.5, 0.6) is 0 Å². The lowest BCUT2D eigenvalue weighted by atomic mass is 10.2. The lowest BCUT2D eigenvalue weighted by Crippen LogP contribution is -2.40. The molecular formula is C14H25IN4OS. The third kappa shape index (κ3) is 5.69. The predicted octanol–water partition coefficient (Wildman–Crippen LogP) is 2.86. The Morgan fingerprint density at radius 3 is 2.81 bits per heavy atom. The summed E-state index contributed by atoms with van der Waals surface area (Å²) in [4.78, 5) is 4.62. The molecule has 21 heavy (non-hydrogen) atoms. The highest BCUT2D eigenvalue weighted by atomic mass is 127. The van der Waals surface area contributed by atoms with Crippen LogP contribution in [-0.4, -0.2) is 35.2 Å². The predicted molar refractivity (Wildman–Crippen MR) is 99.7 cm³/mol. The maximum Gasteiger partial charge on any atom is 0.191 e. The van der Waals surface area contributed by atoms with E-state index >= 15 is 0 Å². The summed E-state index contributed by atoms with van der Waals surface area (Å²) in [5, 5.41) is 11.4. The number of halogens is 1. The first-order valence-electron chi connectivity index (χ1n) is 7.26. The molecule has 7 heteroatoms. The molecular weight excluding hydrogens is 399 g/mol. The number of rotatable bonds is 5. The number of hydrogen-bond donors (Lipinski definition) is 2. The minimum atomic E-state index is 0. The number of aryl methyl sites for hydroxylation is 2. The summed E-state index contributed by atoms with van der Waals surface area (Å²) in [7, 11) is 0. The second kappa shape index (κ2) is 9.55. The first kappa shape index (κ1) is 18.6. The van der Waals surface area contributed by atoms with Gasteiger partial charge in [-0.1, -0.05) is 5.16 Å². The molecule has 5 nitrogen and oxygen atoms in total. The third-order valence-corrected chi connectivity index (χ3v) is 4.84. The Balaban J connectivity index is 0.00000220. The molecule has 1 atom stereocenters. The summed E-state index contributed by atoms with van der Waals surface area (Å²) in [6.07, 6.45) is 2.64. The van der Waals surface area contributed by atoms with Crippen LogP contribution in [0.25, 0.3) is 0 Å². The van der Waals surface area contributed by atoms with E-state index in [1.54, 1.807) is 0 Å². The van der Waals surface area contributed by atoms with Gasteiger partial charge in [-0.3, -0.25) is 0 Å². The Morgan fingerprint density at radius 1 is 1.43 bits per heavy atom. The number of thioether (sulfide) groups is 1. The molecule has 1 aromatic heterocycles. The van der Waals surface area contributed by atoms with Crippen molar-refractivity contribution >= 4 is 41.7 Å². The number of aliphatic imine (C=N–C) groups is 1. The topological polar surface area (TPSA) is 62.5 Å². The van der Waals surface area contributed by atoms with Crippen LogP contribution in [-0.2, 0) is 6.54 Å². The van der Waals surface area contributed by atoms with Gasteiger partial charge in [-0.25, -0.2) is 4.99 Å². The molecule has 120 valence electrons. The molecule has 1 aliphatic heterocycles. The summed E-state index contributed by atoms with van der Waals surface area (Å²) in [5.41, 5.74) is 2.01. The molecule has 2 rings (SSSR count). The molecule has 2 N–H and O–H groups in total. The summed E-state index contributed by atoms with van der Waals surface area (Å²) < 4.78 is 5.17. The van der Waals surface area contributed by atoms with Gasteiger partial charge < -0.3 is 15.2 Å². The molecule has 2 heterocycles. The van der Waals surface area contributed by atoms with Crippen molar-refractivity contribution in [3.8, 4) is 0 Å². The zero-order valence-electron chi connectivity index (χ0n) is 12.9. The van der Waals surface area contributed by atoms with Crippen LogP contribution in [0, 0.1) is 13.8 Å². The fourth-order valence-corrected chi connectivity index (χ4v) is 3.44. The van der Waals surface area contributed by atoms with Gasteiger partial charge in [0.05, 0.1) is 12.2 Å². The maximum absolute atomic E-state index is 5.17. The summed E-state index contributed by atoms with van der Waals surface area (Å²) in [6, 6.07) is 0. The van der Waals surface area contributed by atoms with Crippen LogP contribution < -0.4 is 10.6 Å². The van der Waals surface area contributed by atoms with Gasteiger partial charge >= 0.3 is 0 Å². The molecule has 0 amide bonds. The Kier molecular flexibility index (Phi) is 8.46. The van der Waals surface area contributed by atoms with E-state index in [1.165, 1.54) is 18.6 Å². The van der Waals surface area contributed by atoms with E-state index < -0.39 is 0 Å². The monoisotopic (exact) mass is 424 g/mol. The second-order valence-corrected chi connectivity index (χ2v) is 6.42. The molecule has 0 radical (unpaired) electrons. The van der Waals surface area contributed by atoms with Crippen molar-refractivity contribution in [2.75, 3.05) is 18.8 Å². The van der Waals surface area contributed by atoms with Crippen molar-refractivity contribution in [3.63, 3.8) is 0 Å². The quantitative estimate of drug-likeness (QED) is 0.433. The van der Waals surface area contributed by atoms with E-state index in [1.807, 2.05) is 13.8 Å². The summed E-state index contributed by atoms with van der Waals surface area (Å²) in [6.45, 7) is 8.42. The maximum atomic E-state index is 5.17. The number of nitrogens with one attached hydrogen (secondary N) is 2. The van der Waals surface area contributed by atoms with E-state index in [2.05, 4.69) is 39.5 Å². The molecule has 1 saturated heterocycles. The Morgan fingerprint density at radius 2 is 2.24 bits per heavy atom. The Hall–Kier alpha value is -0.440. The molecule has 0 saturated carbocycles. The van der Waals surface area contributed by atoms with Gasteiger partial charge in [0.2, 0.25) is 0 Å². The zero-order chi connectivity index (χ0) is 14.4. The van der Waals surface area contributed by atoms with Crippen LogP contribution in [0.2, 0.25) is 0 Å². The molecule has 0 bridgehead atoms. The molecule has 1 aliphatic rings. The van der Waals surface area contributed by atoms with Gasteiger partial charge in [-0.05, 0) is 39.4 Å². The van der Waals surface area contributed by atoms with Crippen LogP contribution >= 0.6 is 35.7 Å². The lowest BCUT2D eigenvalue weighted by molar-refractivity contribution is 0.392. The van der Waals surface area contributed by atoms with Crippen molar-refractivity contribution in [1.82, 2.24) is 15.8 Å². The fourth-order valence-electron chi connectivity index (χ4n) is 2.24.